The fraction of sp³-hybridized carbons (Fsp3) is 0.342. The van der Waals surface area contributed by atoms with Crippen LogP contribution in [0.2, 0.25) is 12.6 Å². The number of aldehydes is 1. The van der Waals surface area contributed by atoms with Gasteiger partial charge in [-0.1, -0.05) is 38.1 Å². The predicted octanol–water partition coefficient (Wildman–Crippen LogP) is 3.46. The minimum absolute atomic E-state index is 0.0206. The van der Waals surface area contributed by atoms with E-state index in [1.165, 1.54) is 4.90 Å². The Bertz CT molecular complexity index is 2290. The van der Waals surface area contributed by atoms with Gasteiger partial charge in [0.2, 0.25) is 0 Å². The molecule has 0 atom stereocenters. The quantitative estimate of drug-likeness (QED) is 0.0357. The Labute approximate surface area is 331 Å². The molecule has 2 aromatic carbocycles. The number of nitrogens with zero attached hydrogens (tertiary/aromatic N) is 5. The molecule has 0 aliphatic carbocycles. The maximum Gasteiger partial charge on any atom is 0.487 e. The number of thiol groups is 1. The Morgan fingerprint density at radius 1 is 0.768 bits per heavy atom. The van der Waals surface area contributed by atoms with Gasteiger partial charge in [-0.05, 0) is 77.5 Å². The predicted molar refractivity (Wildman–Crippen MR) is 218 cm³/mol. The molecule has 56 heavy (non-hydrogen) atoms. The van der Waals surface area contributed by atoms with Crippen molar-refractivity contribution in [1.82, 2.24) is 29.1 Å². The van der Waals surface area contributed by atoms with Crippen molar-refractivity contribution in [3.8, 4) is 34.0 Å². The molecule has 0 spiro atoms. The minimum atomic E-state index is -0.950. The van der Waals surface area contributed by atoms with Crippen LogP contribution in [0, 0.1) is 0 Å². The van der Waals surface area contributed by atoms with E-state index < -0.39 is 37.9 Å². The van der Waals surface area contributed by atoms with E-state index in [2.05, 4.69) is 18.2 Å². The third kappa shape index (κ3) is 6.75. The van der Waals surface area contributed by atoms with Gasteiger partial charge < -0.3 is 33.0 Å². The second-order valence-corrected chi connectivity index (χ2v) is 13.0. The molecule has 6 rings (SSSR count). The number of hydrogen-bond acceptors (Lipinski definition) is 10. The van der Waals surface area contributed by atoms with Crippen molar-refractivity contribution >= 4 is 79.0 Å². The normalized spacial score (nSPS) is 13.3. The average molecular weight is 785 g/mol. The maximum atomic E-state index is 14.7. The molecule has 0 saturated carbocycles. The van der Waals surface area contributed by atoms with Crippen LogP contribution in [0.15, 0.2) is 48.5 Å². The summed E-state index contributed by atoms with van der Waals surface area (Å²) in [4.78, 5) is 72.8. The van der Waals surface area contributed by atoms with Crippen molar-refractivity contribution in [2.75, 3.05) is 33.2 Å². The molecule has 4 aromatic rings. The number of benzene rings is 2. The van der Waals surface area contributed by atoms with Crippen molar-refractivity contribution in [2.24, 2.45) is 0 Å². The van der Waals surface area contributed by atoms with Crippen LogP contribution in [-0.4, -0.2) is 111 Å². The molecule has 0 unspecified atom stereocenters. The second-order valence-electron chi connectivity index (χ2n) is 13.0. The Morgan fingerprint density at radius 2 is 1.27 bits per heavy atom. The monoisotopic (exact) mass is 784 g/mol. The molecular weight excluding hydrogens is 738 g/mol. The average Bonchev–Trinajstić information content (AvgIpc) is 3.75. The van der Waals surface area contributed by atoms with Crippen molar-refractivity contribution in [1.29, 1.82) is 0 Å². The molecule has 4 heterocycles. The Morgan fingerprint density at radius 3 is 1.71 bits per heavy atom. The lowest BCUT2D eigenvalue weighted by Crippen LogP contribution is -2.48. The summed E-state index contributed by atoms with van der Waals surface area (Å²) in [7, 11) is 0.0440. The molecule has 18 heteroatoms. The summed E-state index contributed by atoms with van der Waals surface area (Å²) in [6.45, 7) is 10.9. The summed E-state index contributed by atoms with van der Waals surface area (Å²) >= 11 is 2.53. The fourth-order valence-corrected chi connectivity index (χ4v) is 7.37. The van der Waals surface area contributed by atoms with E-state index in [0.29, 0.717) is 75.3 Å². The molecule has 0 radical (unpaired) electrons. The van der Waals surface area contributed by atoms with Gasteiger partial charge in [-0.2, -0.15) is 0 Å². The summed E-state index contributed by atoms with van der Waals surface area (Å²) in [6.07, 6.45) is 1.22. The van der Waals surface area contributed by atoms with Crippen LogP contribution in [0.5, 0.6) is 11.5 Å². The van der Waals surface area contributed by atoms with E-state index in [-0.39, 0.29) is 41.5 Å². The van der Waals surface area contributed by atoms with E-state index in [0.717, 1.165) is 4.90 Å². The first-order chi connectivity index (χ1) is 27.0. The van der Waals surface area contributed by atoms with Crippen LogP contribution >= 0.6 is 12.9 Å². The van der Waals surface area contributed by atoms with Gasteiger partial charge in [0.15, 0.2) is 6.29 Å². The highest BCUT2D eigenvalue weighted by Crippen LogP contribution is 2.44. The molecule has 0 saturated heterocycles. The van der Waals surface area contributed by atoms with E-state index in [4.69, 9.17) is 13.9 Å². The van der Waals surface area contributed by atoms with Gasteiger partial charge in [-0.25, -0.2) is 9.86 Å². The van der Waals surface area contributed by atoms with E-state index in [9.17, 15) is 29.2 Å². The molecule has 3 N–H and O–H groups in total. The number of hydrogen-bond donors (Lipinski definition) is 4. The van der Waals surface area contributed by atoms with Gasteiger partial charge in [0.05, 0.1) is 22.1 Å². The highest BCUT2D eigenvalue weighted by Gasteiger charge is 2.43. The van der Waals surface area contributed by atoms with Crippen LogP contribution in [0.1, 0.15) is 41.5 Å². The summed E-state index contributed by atoms with van der Waals surface area (Å²) in [5.74, 6) is -1.48. The summed E-state index contributed by atoms with van der Waals surface area (Å²) in [5, 5.41) is 15.2. The zero-order valence-electron chi connectivity index (χ0n) is 32.5. The van der Waals surface area contributed by atoms with Gasteiger partial charge in [0.25, 0.3) is 17.7 Å². The molecular formula is C38H46B2N6O9S. The number of amides is 5. The smallest absolute Gasteiger partial charge is 0.487 e. The molecule has 0 bridgehead atoms. The zero-order chi connectivity index (χ0) is 41.0. The molecule has 2 aromatic heterocycles. The third-order valence-corrected chi connectivity index (χ3v) is 9.99. The highest BCUT2D eigenvalue weighted by molar-refractivity contribution is 7.74. The van der Waals surface area contributed by atoms with Gasteiger partial charge in [-0.3, -0.25) is 29.3 Å². The van der Waals surface area contributed by atoms with Crippen LogP contribution in [0.4, 0.5) is 4.79 Å². The molecule has 0 fully saturated rings. The summed E-state index contributed by atoms with van der Waals surface area (Å²) in [5.41, 5.74) is 1.46. The van der Waals surface area contributed by atoms with Crippen LogP contribution in [-0.2, 0) is 19.2 Å². The van der Waals surface area contributed by atoms with Crippen LogP contribution in [0.3, 0.4) is 0 Å². The number of urea groups is 1. The van der Waals surface area contributed by atoms with E-state index in [1.807, 2.05) is 62.4 Å². The number of nitrogens with one attached hydrogen (secondary N) is 1. The first kappa shape index (κ1) is 41.7. The SMILES string of the molecule is CCNC(=O)/C(C(=O)N(O)CC)=c1/c2c3n(/c(=C(/C=O)C(=O)N(CC)C(=O)N(C)CC)c2c2n1B(CC)Oc1ccccc1-2)B(CC)Oc1ccccc1-3.OS. The first-order valence-electron chi connectivity index (χ1n) is 18.6. The highest BCUT2D eigenvalue weighted by atomic mass is 32.1. The number of rotatable bonds is 10. The van der Waals surface area contributed by atoms with Gasteiger partial charge >= 0.3 is 20.1 Å². The molecule has 294 valence electrons. The van der Waals surface area contributed by atoms with Crippen molar-refractivity contribution in [2.45, 2.75) is 54.2 Å². The topological polar surface area (TPSA) is 176 Å². The third-order valence-electron chi connectivity index (χ3n) is 9.99. The lowest BCUT2D eigenvalue weighted by molar-refractivity contribution is -0.157. The van der Waals surface area contributed by atoms with Gasteiger partial charge in [0.1, 0.15) is 22.6 Å². The molecule has 5 amide bonds. The van der Waals surface area contributed by atoms with E-state index in [1.54, 1.807) is 43.7 Å². The summed E-state index contributed by atoms with van der Waals surface area (Å²) in [6, 6.07) is 14.0. The summed E-state index contributed by atoms with van der Waals surface area (Å²) < 4.78 is 23.3. The molecule has 15 nitrogen and oxygen atoms in total. The second kappa shape index (κ2) is 17.6. The number of carbonyl (C=O) groups excluding carboxylic acids is 5. The van der Waals surface area contributed by atoms with Crippen molar-refractivity contribution in [3.05, 3.63) is 59.2 Å². The Hall–Kier alpha value is -5.45. The lowest BCUT2D eigenvalue weighted by Gasteiger charge is -2.29. The fourth-order valence-electron chi connectivity index (χ4n) is 7.37. The van der Waals surface area contributed by atoms with Gasteiger partial charge in [-0.15, -0.1) is 0 Å². The number of para-hydroxylation sites is 2. The first-order valence-corrected chi connectivity index (χ1v) is 19.0. The van der Waals surface area contributed by atoms with Crippen molar-refractivity contribution < 1.29 is 43.0 Å². The molecule has 2 aliphatic heterocycles. The minimum Gasteiger partial charge on any atom is -0.540 e. The largest absolute Gasteiger partial charge is 0.540 e. The maximum absolute atomic E-state index is 14.7. The zero-order valence-corrected chi connectivity index (χ0v) is 33.4. The van der Waals surface area contributed by atoms with Crippen LogP contribution < -0.4 is 25.3 Å². The number of aromatic nitrogens is 2. The number of hydroxylamine groups is 2. The Kier molecular flexibility index (Phi) is 13.1. The standard InChI is InChI=1S/C38H44B2N6O8.H2OS/c1-8-39-45-32(24-19-15-17-21-27(24)53-39)29-28(33(45)25(22-47)36(49)43(12-5)38(51)42(7)11-4)31-23-18-14-16-20-26(23)54-40(9-2)46(31)34(29)30(35(48)41-10-3)37(50)44(52)13-6;1-2/h14-22,52H,8-13H2,1-7H3,(H,41,48);1-2H/b33-25-,34-30+;. The van der Waals surface area contributed by atoms with E-state index >= 15 is 0 Å². The number of carbonyl (C=O) groups is 5. The van der Waals surface area contributed by atoms with Gasteiger partial charge in [0, 0.05) is 55.1 Å². The number of imide groups is 1. The molecule has 2 aliphatic rings. The van der Waals surface area contributed by atoms with Crippen LogP contribution in [0.25, 0.3) is 44.4 Å². The van der Waals surface area contributed by atoms with Crippen molar-refractivity contribution in [3.63, 3.8) is 0 Å². The Balaban J connectivity index is 0.00000295. The lowest BCUT2D eigenvalue weighted by atomic mass is 9.75. The number of fused-ring (bicyclic) bond motifs is 9.